The molecule has 39 heavy (non-hydrogen) atoms. The Balaban J connectivity index is 0.000000741. The number of carbonyl (C=O) groups is 4. The molecule has 0 bridgehead atoms. The normalized spacial score (nSPS) is 16.5. The molecule has 0 spiro atoms. The monoisotopic (exact) mass is 562 g/mol. The summed E-state index contributed by atoms with van der Waals surface area (Å²) in [5, 5.41) is 48.4. The topological polar surface area (TPSA) is 200 Å². The van der Waals surface area contributed by atoms with Crippen molar-refractivity contribution in [2.24, 2.45) is 0 Å². The Kier molecular flexibility index (Phi) is 20.9. The third kappa shape index (κ3) is 13.4. The lowest BCUT2D eigenvalue weighted by Gasteiger charge is -2.40. The number of amides is 5. The van der Waals surface area contributed by atoms with Crippen LogP contribution >= 0.6 is 0 Å². The highest BCUT2D eigenvalue weighted by Gasteiger charge is 2.58. The molecule has 0 saturated carbocycles. The molecule has 0 aromatic rings. The molecule has 13 nitrogen and oxygen atoms in total. The fourth-order valence-corrected chi connectivity index (χ4v) is 4.41. The smallest absolute Gasteiger partial charge is 0.328 e. The largest absolute Gasteiger partial charge is 0.481 e. The molecular formula is C26H50N4O9. The average Bonchev–Trinajstić information content (AvgIpc) is 3.15. The maximum atomic E-state index is 11.8. The first-order chi connectivity index (χ1) is 18.8. The Hall–Kier alpha value is -2.48. The van der Waals surface area contributed by atoms with Gasteiger partial charge in [0.15, 0.2) is 0 Å². The molecule has 0 aromatic heterocycles. The number of nitrogens with one attached hydrogen (secondary N) is 2. The molecule has 7 N–H and O–H groups in total. The van der Waals surface area contributed by atoms with Crippen molar-refractivity contribution in [1.82, 2.24) is 20.4 Å². The van der Waals surface area contributed by atoms with Crippen molar-refractivity contribution >= 4 is 23.9 Å². The molecule has 228 valence electrons. The summed E-state index contributed by atoms with van der Waals surface area (Å²) in [4.78, 5) is 46.0. The van der Waals surface area contributed by atoms with Crippen LogP contribution in [0.4, 0.5) is 9.59 Å². The summed E-state index contributed by atoms with van der Waals surface area (Å²) in [7, 11) is 0. The van der Waals surface area contributed by atoms with Gasteiger partial charge in [0.25, 0.3) is 5.91 Å². The molecule has 5 amide bonds. The van der Waals surface area contributed by atoms with Crippen molar-refractivity contribution in [2.75, 3.05) is 26.8 Å². The summed E-state index contributed by atoms with van der Waals surface area (Å²) in [6.07, 6.45) is 20.2. The first-order valence-electron chi connectivity index (χ1n) is 14.1. The van der Waals surface area contributed by atoms with E-state index < -0.39 is 56.4 Å². The number of aliphatic hydroxyl groups is 4. The van der Waals surface area contributed by atoms with E-state index in [0.717, 1.165) is 12.8 Å². The maximum absolute atomic E-state index is 11.8. The van der Waals surface area contributed by atoms with E-state index in [9.17, 15) is 24.3 Å². The molecule has 1 rings (SSSR count). The maximum Gasteiger partial charge on any atom is 0.328 e. The highest BCUT2D eigenvalue weighted by Crippen LogP contribution is 2.25. The molecule has 1 saturated heterocycles. The molecule has 0 radical (unpaired) electrons. The first kappa shape index (κ1) is 36.5. The van der Waals surface area contributed by atoms with Crippen LogP contribution in [0.2, 0.25) is 0 Å². The average molecular weight is 563 g/mol. The molecule has 0 aliphatic carbocycles. The predicted octanol–water partition coefficient (Wildman–Crippen LogP) is 2.42. The van der Waals surface area contributed by atoms with E-state index >= 15 is 0 Å². The summed E-state index contributed by atoms with van der Waals surface area (Å²) >= 11 is 0. The third-order valence-electron chi connectivity index (χ3n) is 6.70. The van der Waals surface area contributed by atoms with Gasteiger partial charge in [0.2, 0.25) is 5.66 Å². The zero-order chi connectivity index (χ0) is 29.5. The lowest BCUT2D eigenvalue weighted by Crippen LogP contribution is -2.68. The lowest BCUT2D eigenvalue weighted by atomic mass is 10.0. The first-order valence-corrected chi connectivity index (χ1v) is 14.1. The number of aliphatic carboxylic acids is 1. The number of imide groups is 1. The van der Waals surface area contributed by atoms with E-state index in [2.05, 4.69) is 6.92 Å². The van der Waals surface area contributed by atoms with Gasteiger partial charge in [-0.25, -0.2) is 9.59 Å². The molecule has 0 aromatic carbocycles. The number of nitrogens with zero attached hydrogens (tertiary/aromatic N) is 2. The number of carbonyl (C=O) groups excluding carboxylic acids is 3. The summed E-state index contributed by atoms with van der Waals surface area (Å²) in [5.74, 6) is -1.74. The highest BCUT2D eigenvalue weighted by atomic mass is 16.4. The lowest BCUT2D eigenvalue weighted by molar-refractivity contribution is -0.147. The Morgan fingerprint density at radius 2 is 1.28 bits per heavy atom. The molecule has 1 unspecified atom stereocenters. The van der Waals surface area contributed by atoms with Crippen LogP contribution in [-0.4, -0.2) is 91.7 Å². The molecule has 1 fully saturated rings. The Morgan fingerprint density at radius 1 is 0.821 bits per heavy atom. The molecule has 1 aliphatic heterocycles. The van der Waals surface area contributed by atoms with Crippen molar-refractivity contribution in [1.29, 1.82) is 0 Å². The van der Waals surface area contributed by atoms with Gasteiger partial charge in [0.1, 0.15) is 20.2 Å². The predicted molar refractivity (Wildman–Crippen MR) is 144 cm³/mol. The van der Waals surface area contributed by atoms with Gasteiger partial charge in [-0.15, -0.1) is 0 Å². The van der Waals surface area contributed by atoms with E-state index in [1.54, 1.807) is 5.32 Å². The van der Waals surface area contributed by atoms with Crippen LogP contribution in [0.25, 0.3) is 0 Å². The van der Waals surface area contributed by atoms with Crippen molar-refractivity contribution < 1.29 is 44.7 Å². The van der Waals surface area contributed by atoms with E-state index in [-0.39, 0.29) is 0 Å². The second kappa shape index (κ2) is 22.3. The van der Waals surface area contributed by atoms with E-state index in [0.29, 0.717) is 16.2 Å². The van der Waals surface area contributed by atoms with Gasteiger partial charge in [0, 0.05) is 6.42 Å². The van der Waals surface area contributed by atoms with Crippen molar-refractivity contribution in [3.05, 3.63) is 0 Å². The Labute approximate surface area is 231 Å². The summed E-state index contributed by atoms with van der Waals surface area (Å²) < 4.78 is 0. The fraction of sp³-hybridized carbons (Fsp3) is 0.846. The van der Waals surface area contributed by atoms with Crippen LogP contribution in [0.3, 0.4) is 0 Å². The van der Waals surface area contributed by atoms with Gasteiger partial charge in [-0.05, 0) is 6.42 Å². The van der Waals surface area contributed by atoms with Crippen LogP contribution in [0, 0.1) is 0 Å². The van der Waals surface area contributed by atoms with E-state index in [1.165, 1.54) is 83.5 Å². The second-order valence-electron chi connectivity index (χ2n) is 9.61. The van der Waals surface area contributed by atoms with Crippen LogP contribution < -0.4 is 10.6 Å². The SMILES string of the molecule is CCCCCCCCCCCCCCCCCC(=O)O.O=C(NCO)N(CO)C1(CO)C(=O)NC(=O)N1CO. The van der Waals surface area contributed by atoms with Crippen LogP contribution in [0.15, 0.2) is 0 Å². The number of aliphatic hydroxyl groups excluding tert-OH is 4. The fourth-order valence-electron chi connectivity index (χ4n) is 4.41. The summed E-state index contributed by atoms with van der Waals surface area (Å²) in [6.45, 7) is -1.58. The summed E-state index contributed by atoms with van der Waals surface area (Å²) in [5.41, 5.74) is -2.28. The van der Waals surface area contributed by atoms with Crippen molar-refractivity contribution in [3.8, 4) is 0 Å². The second-order valence-corrected chi connectivity index (χ2v) is 9.61. The van der Waals surface area contributed by atoms with Gasteiger partial charge < -0.3 is 30.8 Å². The number of rotatable bonds is 21. The molecule has 13 heteroatoms. The molecular weight excluding hydrogens is 512 g/mol. The van der Waals surface area contributed by atoms with Crippen LogP contribution in [0.5, 0.6) is 0 Å². The Bertz CT molecular complexity index is 711. The quantitative estimate of drug-likeness (QED) is 0.0623. The van der Waals surface area contributed by atoms with E-state index in [1.807, 2.05) is 5.32 Å². The van der Waals surface area contributed by atoms with Gasteiger partial charge >= 0.3 is 18.0 Å². The van der Waals surface area contributed by atoms with Gasteiger partial charge in [-0.2, -0.15) is 0 Å². The standard InChI is InChI=1S/C18H36O2.C8H14N4O7/c1-2-3-4-5-6-7-8-9-10-11-12-13-14-15-16-17-18(19)20;13-1-8(11(3-15)6(18)9-2-14)5(17)10-7(19)12(8)4-16/h2-17H2,1H3,(H,19,20);13-16H,1-4H2,(H,9,18)(H,10,17,19). The molecule has 1 aliphatic rings. The van der Waals surface area contributed by atoms with Crippen molar-refractivity contribution in [2.45, 2.75) is 115 Å². The van der Waals surface area contributed by atoms with E-state index in [4.69, 9.17) is 20.4 Å². The minimum absolute atomic E-state index is 0.345. The molecule has 1 heterocycles. The van der Waals surface area contributed by atoms with Crippen LogP contribution in [0.1, 0.15) is 110 Å². The highest BCUT2D eigenvalue weighted by molar-refractivity contribution is 6.08. The van der Waals surface area contributed by atoms with Gasteiger partial charge in [0.05, 0.1) is 6.61 Å². The number of hydrogen-bond donors (Lipinski definition) is 7. The number of carboxylic acids is 1. The number of carboxylic acid groups (broad SMARTS) is 1. The number of unbranched alkanes of at least 4 members (excludes halogenated alkanes) is 14. The minimum Gasteiger partial charge on any atom is -0.481 e. The molecule has 1 atom stereocenters. The zero-order valence-corrected chi connectivity index (χ0v) is 23.4. The van der Waals surface area contributed by atoms with Gasteiger partial charge in [-0.1, -0.05) is 96.8 Å². The summed E-state index contributed by atoms with van der Waals surface area (Å²) in [6, 6.07) is -2.14. The Morgan fingerprint density at radius 3 is 1.64 bits per heavy atom. The van der Waals surface area contributed by atoms with Crippen molar-refractivity contribution in [3.63, 3.8) is 0 Å². The number of urea groups is 2. The number of hydrogen-bond acceptors (Lipinski definition) is 8. The van der Waals surface area contributed by atoms with Crippen LogP contribution in [-0.2, 0) is 9.59 Å². The zero-order valence-electron chi connectivity index (χ0n) is 23.4. The minimum atomic E-state index is -2.28. The third-order valence-corrected chi connectivity index (χ3v) is 6.70. The van der Waals surface area contributed by atoms with Gasteiger partial charge in [-0.3, -0.25) is 24.7 Å².